The van der Waals surface area contributed by atoms with E-state index in [9.17, 15) is 0 Å². The molecule has 2 rings (SSSR count). The minimum Gasteiger partial charge on any atom is -0.493 e. The smallest absolute Gasteiger partial charge is 0.128 e. The van der Waals surface area contributed by atoms with Crippen molar-refractivity contribution in [2.45, 2.75) is 19.9 Å². The lowest BCUT2D eigenvalue weighted by Crippen LogP contribution is -1.97. The third-order valence-corrected chi connectivity index (χ3v) is 3.64. The fourth-order valence-corrected chi connectivity index (χ4v) is 2.44. The van der Waals surface area contributed by atoms with Gasteiger partial charge in [-0.25, -0.2) is 0 Å². The van der Waals surface area contributed by atoms with Crippen LogP contribution in [-0.4, -0.2) is 12.8 Å². The largest absolute Gasteiger partial charge is 0.493 e. The zero-order valence-electron chi connectivity index (χ0n) is 12.0. The molecule has 0 bridgehead atoms. The molecule has 0 heterocycles. The molecule has 21 heavy (non-hydrogen) atoms. The Morgan fingerprint density at radius 3 is 2.71 bits per heavy atom. The van der Waals surface area contributed by atoms with E-state index in [0.717, 1.165) is 16.9 Å². The third-order valence-electron chi connectivity index (χ3n) is 3.06. The zero-order valence-corrected chi connectivity index (χ0v) is 13.5. The quantitative estimate of drug-likeness (QED) is 0.659. The number of para-hydroxylation sites is 1. The molecule has 1 unspecified atom stereocenters. The average molecular weight is 322 g/mol. The molecule has 0 N–H and O–H groups in total. The Morgan fingerprint density at radius 2 is 1.95 bits per heavy atom. The molecule has 0 aromatic heterocycles. The molecule has 1 atom stereocenters. The first kappa shape index (κ1) is 15.9. The van der Waals surface area contributed by atoms with Crippen LogP contribution in [0.4, 0.5) is 0 Å². The average Bonchev–Trinajstić information content (AvgIpc) is 2.49. The van der Waals surface area contributed by atoms with Gasteiger partial charge in [-0.05, 0) is 49.7 Å². The summed E-state index contributed by atoms with van der Waals surface area (Å²) < 4.78 is 5.58. The lowest BCUT2D eigenvalue weighted by Gasteiger charge is -2.10. The molecule has 0 saturated heterocycles. The first-order chi connectivity index (χ1) is 10.1. The molecule has 2 nitrogen and oxygen atoms in total. The second kappa shape index (κ2) is 7.48. The van der Waals surface area contributed by atoms with E-state index in [1.54, 1.807) is 12.1 Å². The van der Waals surface area contributed by atoms with Gasteiger partial charge < -0.3 is 4.74 Å². The molecule has 0 fully saturated rings. The standard InChI is InChI=1S/C17H17Cl2NO/c1-3-21-17-7-5-4-6-13(17)11-20-12(2)15-10-14(18)8-9-16(15)19/h4-12H,3H2,1-2H3/b20-11+. The Bertz CT molecular complexity index is 640. The van der Waals surface area contributed by atoms with Crippen molar-refractivity contribution < 1.29 is 4.74 Å². The van der Waals surface area contributed by atoms with E-state index in [1.165, 1.54) is 0 Å². The number of nitrogens with zero attached hydrogens (tertiary/aromatic N) is 1. The van der Waals surface area contributed by atoms with Gasteiger partial charge in [0.05, 0.1) is 12.6 Å². The van der Waals surface area contributed by atoms with Crippen molar-refractivity contribution in [3.05, 3.63) is 63.6 Å². The highest BCUT2D eigenvalue weighted by Gasteiger charge is 2.09. The van der Waals surface area contributed by atoms with Crippen LogP contribution in [-0.2, 0) is 0 Å². The summed E-state index contributed by atoms with van der Waals surface area (Å²) in [6.45, 7) is 4.57. The summed E-state index contributed by atoms with van der Waals surface area (Å²) in [7, 11) is 0. The fourth-order valence-electron chi connectivity index (χ4n) is 1.98. The van der Waals surface area contributed by atoms with Crippen LogP contribution in [0, 0.1) is 0 Å². The van der Waals surface area contributed by atoms with Gasteiger partial charge in [0.1, 0.15) is 5.75 Å². The van der Waals surface area contributed by atoms with Gasteiger partial charge in [0.25, 0.3) is 0 Å². The maximum Gasteiger partial charge on any atom is 0.128 e. The number of halogens is 2. The highest BCUT2D eigenvalue weighted by Crippen LogP contribution is 2.28. The van der Waals surface area contributed by atoms with Crippen LogP contribution in [0.25, 0.3) is 0 Å². The molecule has 0 spiro atoms. The molecule has 0 amide bonds. The van der Waals surface area contributed by atoms with Crippen molar-refractivity contribution in [2.24, 2.45) is 4.99 Å². The van der Waals surface area contributed by atoms with Crippen LogP contribution >= 0.6 is 23.2 Å². The summed E-state index contributed by atoms with van der Waals surface area (Å²) in [5.41, 5.74) is 1.86. The van der Waals surface area contributed by atoms with Gasteiger partial charge in [-0.2, -0.15) is 0 Å². The second-order valence-corrected chi connectivity index (χ2v) is 5.43. The van der Waals surface area contributed by atoms with Crippen LogP contribution in [0.5, 0.6) is 5.75 Å². The summed E-state index contributed by atoms with van der Waals surface area (Å²) in [6.07, 6.45) is 1.81. The Kier molecular flexibility index (Phi) is 5.66. The highest BCUT2D eigenvalue weighted by atomic mass is 35.5. The SMILES string of the molecule is CCOc1ccccc1/C=N/C(C)c1cc(Cl)ccc1Cl. The number of rotatable bonds is 5. The summed E-state index contributed by atoms with van der Waals surface area (Å²) >= 11 is 12.2. The molecule has 0 aliphatic heterocycles. The molecule has 0 aliphatic carbocycles. The number of aliphatic imine (C=N–C) groups is 1. The van der Waals surface area contributed by atoms with Crippen LogP contribution in [0.3, 0.4) is 0 Å². The maximum absolute atomic E-state index is 6.20. The molecule has 0 saturated carbocycles. The van der Waals surface area contributed by atoms with Crippen LogP contribution in [0.2, 0.25) is 10.0 Å². The van der Waals surface area contributed by atoms with Crippen molar-refractivity contribution in [1.82, 2.24) is 0 Å². The molecule has 0 aliphatic rings. The van der Waals surface area contributed by atoms with Gasteiger partial charge in [-0.1, -0.05) is 35.3 Å². The van der Waals surface area contributed by atoms with E-state index in [2.05, 4.69) is 4.99 Å². The number of ether oxygens (including phenoxy) is 1. The van der Waals surface area contributed by atoms with Crippen LogP contribution in [0.15, 0.2) is 47.5 Å². The molecule has 110 valence electrons. The predicted molar refractivity (Wildman–Crippen MR) is 90.1 cm³/mol. The van der Waals surface area contributed by atoms with Crippen molar-refractivity contribution in [1.29, 1.82) is 0 Å². The van der Waals surface area contributed by atoms with Gasteiger partial charge in [0, 0.05) is 21.8 Å². The first-order valence-corrected chi connectivity index (χ1v) is 7.57. The molecule has 2 aromatic rings. The van der Waals surface area contributed by atoms with Gasteiger partial charge in [0.15, 0.2) is 0 Å². The molecule has 0 radical (unpaired) electrons. The van der Waals surface area contributed by atoms with Crippen molar-refractivity contribution in [3.8, 4) is 5.75 Å². The van der Waals surface area contributed by atoms with Gasteiger partial charge in [-0.3, -0.25) is 4.99 Å². The monoisotopic (exact) mass is 321 g/mol. The molecule has 4 heteroatoms. The fraction of sp³-hybridized carbons (Fsp3) is 0.235. The minimum absolute atomic E-state index is 0.0779. The summed E-state index contributed by atoms with van der Waals surface area (Å²) in [6, 6.07) is 13.1. The topological polar surface area (TPSA) is 21.6 Å². The number of benzene rings is 2. The van der Waals surface area contributed by atoms with E-state index in [4.69, 9.17) is 27.9 Å². The van der Waals surface area contributed by atoms with Gasteiger partial charge in [0.2, 0.25) is 0 Å². The summed E-state index contributed by atoms with van der Waals surface area (Å²) in [4.78, 5) is 4.56. The van der Waals surface area contributed by atoms with E-state index in [0.29, 0.717) is 16.7 Å². The van der Waals surface area contributed by atoms with E-state index < -0.39 is 0 Å². The zero-order chi connectivity index (χ0) is 15.2. The molecular formula is C17H17Cl2NO. The van der Waals surface area contributed by atoms with Crippen LogP contribution < -0.4 is 4.74 Å². The minimum atomic E-state index is -0.0779. The normalized spacial score (nSPS) is 12.6. The predicted octanol–water partition coefficient (Wildman–Crippen LogP) is 5.57. The number of hydrogen-bond acceptors (Lipinski definition) is 2. The maximum atomic E-state index is 6.20. The Labute approximate surface area is 135 Å². The third kappa shape index (κ3) is 4.23. The number of hydrogen-bond donors (Lipinski definition) is 0. The molecule has 2 aromatic carbocycles. The van der Waals surface area contributed by atoms with Crippen molar-refractivity contribution >= 4 is 29.4 Å². The van der Waals surface area contributed by atoms with E-state index in [1.807, 2.05) is 50.4 Å². The van der Waals surface area contributed by atoms with Crippen LogP contribution in [0.1, 0.15) is 31.0 Å². The van der Waals surface area contributed by atoms with E-state index in [-0.39, 0.29) is 6.04 Å². The summed E-state index contributed by atoms with van der Waals surface area (Å²) in [5, 5.41) is 1.33. The van der Waals surface area contributed by atoms with Crippen molar-refractivity contribution in [2.75, 3.05) is 6.61 Å². The second-order valence-electron chi connectivity index (χ2n) is 4.59. The molecular weight excluding hydrogens is 305 g/mol. The van der Waals surface area contributed by atoms with Crippen molar-refractivity contribution in [3.63, 3.8) is 0 Å². The lowest BCUT2D eigenvalue weighted by molar-refractivity contribution is 0.340. The van der Waals surface area contributed by atoms with Gasteiger partial charge in [-0.15, -0.1) is 0 Å². The Hall–Kier alpha value is -1.51. The van der Waals surface area contributed by atoms with E-state index >= 15 is 0 Å². The van der Waals surface area contributed by atoms with Gasteiger partial charge >= 0.3 is 0 Å². The Morgan fingerprint density at radius 1 is 1.19 bits per heavy atom. The first-order valence-electron chi connectivity index (χ1n) is 6.81. The highest BCUT2D eigenvalue weighted by molar-refractivity contribution is 6.33. The summed E-state index contributed by atoms with van der Waals surface area (Å²) in [5.74, 6) is 0.827. The Balaban J connectivity index is 2.22. The lowest BCUT2D eigenvalue weighted by atomic mass is 10.1.